The Hall–Kier alpha value is -0.820. The standard InChI is InChI=1S/C15H23N/c1-11(2)9-12-5-6-13-7-8-16-15(3,4)14(13)10-12/h5-6,10-11,16H,7-9H2,1-4H3. The molecule has 1 heterocycles. The molecule has 1 heteroatoms. The van der Waals surface area contributed by atoms with Crippen LogP contribution in [0.3, 0.4) is 0 Å². The Balaban J connectivity index is 2.35. The topological polar surface area (TPSA) is 12.0 Å². The van der Waals surface area contributed by atoms with Crippen molar-refractivity contribution in [2.75, 3.05) is 6.54 Å². The molecule has 0 aromatic heterocycles. The molecule has 1 aliphatic heterocycles. The van der Waals surface area contributed by atoms with Gasteiger partial charge in [-0.3, -0.25) is 0 Å². The van der Waals surface area contributed by atoms with Gasteiger partial charge in [-0.2, -0.15) is 0 Å². The summed E-state index contributed by atoms with van der Waals surface area (Å²) < 4.78 is 0. The van der Waals surface area contributed by atoms with Gasteiger partial charge >= 0.3 is 0 Å². The number of rotatable bonds is 2. The Labute approximate surface area is 99.3 Å². The zero-order valence-corrected chi connectivity index (χ0v) is 10.9. The number of hydrogen-bond acceptors (Lipinski definition) is 1. The van der Waals surface area contributed by atoms with E-state index < -0.39 is 0 Å². The lowest BCUT2D eigenvalue weighted by Gasteiger charge is -2.34. The molecule has 16 heavy (non-hydrogen) atoms. The molecule has 0 unspecified atom stereocenters. The Morgan fingerprint density at radius 3 is 2.75 bits per heavy atom. The highest BCUT2D eigenvalue weighted by Gasteiger charge is 2.26. The van der Waals surface area contributed by atoms with Gasteiger partial charge in [0.25, 0.3) is 0 Å². The lowest BCUT2D eigenvalue weighted by molar-refractivity contribution is 0.381. The minimum Gasteiger partial charge on any atom is -0.307 e. The molecule has 0 aliphatic carbocycles. The molecule has 0 saturated heterocycles. The lowest BCUT2D eigenvalue weighted by Crippen LogP contribution is -2.42. The summed E-state index contributed by atoms with van der Waals surface area (Å²) in [4.78, 5) is 0. The second-order valence-corrected chi connectivity index (χ2v) is 5.89. The van der Waals surface area contributed by atoms with E-state index in [1.165, 1.54) is 29.5 Å². The lowest BCUT2D eigenvalue weighted by atomic mass is 9.83. The van der Waals surface area contributed by atoms with Gasteiger partial charge in [0.2, 0.25) is 0 Å². The largest absolute Gasteiger partial charge is 0.307 e. The van der Waals surface area contributed by atoms with Crippen LogP contribution in [0.5, 0.6) is 0 Å². The summed E-state index contributed by atoms with van der Waals surface area (Å²) in [6.45, 7) is 10.2. The summed E-state index contributed by atoms with van der Waals surface area (Å²) in [7, 11) is 0. The van der Waals surface area contributed by atoms with E-state index in [9.17, 15) is 0 Å². The predicted octanol–water partition coefficient (Wildman–Crippen LogP) is 3.27. The van der Waals surface area contributed by atoms with Crippen molar-refractivity contribution in [3.05, 3.63) is 34.9 Å². The minimum absolute atomic E-state index is 0.139. The van der Waals surface area contributed by atoms with E-state index >= 15 is 0 Å². The van der Waals surface area contributed by atoms with Crippen molar-refractivity contribution in [2.24, 2.45) is 5.92 Å². The van der Waals surface area contributed by atoms with Crippen LogP contribution in [0.25, 0.3) is 0 Å². The number of fused-ring (bicyclic) bond motifs is 1. The van der Waals surface area contributed by atoms with Crippen LogP contribution >= 0.6 is 0 Å². The predicted molar refractivity (Wildman–Crippen MR) is 69.7 cm³/mol. The van der Waals surface area contributed by atoms with Crippen molar-refractivity contribution in [1.29, 1.82) is 0 Å². The molecule has 2 rings (SSSR count). The van der Waals surface area contributed by atoms with E-state index in [-0.39, 0.29) is 5.54 Å². The van der Waals surface area contributed by atoms with Crippen LogP contribution in [0.15, 0.2) is 18.2 Å². The number of nitrogens with one attached hydrogen (secondary N) is 1. The molecule has 0 amide bonds. The maximum Gasteiger partial charge on any atom is 0.0380 e. The van der Waals surface area contributed by atoms with Crippen molar-refractivity contribution in [1.82, 2.24) is 5.32 Å². The van der Waals surface area contributed by atoms with Gasteiger partial charge in [0.1, 0.15) is 0 Å². The second-order valence-electron chi connectivity index (χ2n) is 5.89. The molecule has 0 bridgehead atoms. The molecule has 0 radical (unpaired) electrons. The van der Waals surface area contributed by atoms with Gasteiger partial charge in [-0.05, 0) is 55.8 Å². The maximum absolute atomic E-state index is 3.60. The monoisotopic (exact) mass is 217 g/mol. The highest BCUT2D eigenvalue weighted by molar-refractivity contribution is 5.38. The fourth-order valence-corrected chi connectivity index (χ4v) is 2.63. The molecule has 0 fully saturated rings. The smallest absolute Gasteiger partial charge is 0.0380 e. The molecule has 1 nitrogen and oxygen atoms in total. The Morgan fingerprint density at radius 2 is 2.06 bits per heavy atom. The molecule has 1 N–H and O–H groups in total. The molecule has 1 aromatic rings. The molecule has 88 valence electrons. The first-order chi connectivity index (χ1) is 7.49. The van der Waals surface area contributed by atoms with E-state index in [0.29, 0.717) is 0 Å². The fourth-order valence-electron chi connectivity index (χ4n) is 2.63. The summed E-state index contributed by atoms with van der Waals surface area (Å²) >= 11 is 0. The third-order valence-corrected chi connectivity index (χ3v) is 3.45. The van der Waals surface area contributed by atoms with Crippen LogP contribution in [-0.2, 0) is 18.4 Å². The summed E-state index contributed by atoms with van der Waals surface area (Å²) in [5, 5.41) is 3.60. The normalized spacial score (nSPS) is 18.6. The van der Waals surface area contributed by atoms with Crippen LogP contribution in [0, 0.1) is 5.92 Å². The summed E-state index contributed by atoms with van der Waals surface area (Å²) in [6, 6.07) is 7.04. The third-order valence-electron chi connectivity index (χ3n) is 3.45. The van der Waals surface area contributed by atoms with E-state index in [1.807, 2.05) is 0 Å². The maximum atomic E-state index is 3.60. The van der Waals surface area contributed by atoms with E-state index in [2.05, 4.69) is 51.2 Å². The number of hydrogen-bond donors (Lipinski definition) is 1. The van der Waals surface area contributed by atoms with E-state index in [1.54, 1.807) is 0 Å². The van der Waals surface area contributed by atoms with Crippen molar-refractivity contribution >= 4 is 0 Å². The third kappa shape index (κ3) is 2.30. The quantitative estimate of drug-likeness (QED) is 0.801. The fraction of sp³-hybridized carbons (Fsp3) is 0.600. The Morgan fingerprint density at radius 1 is 1.31 bits per heavy atom. The van der Waals surface area contributed by atoms with Crippen molar-refractivity contribution in [2.45, 2.75) is 46.1 Å². The molecular formula is C15H23N. The van der Waals surface area contributed by atoms with Gasteiger partial charge in [-0.15, -0.1) is 0 Å². The molecular weight excluding hydrogens is 194 g/mol. The first-order valence-electron chi connectivity index (χ1n) is 6.36. The number of benzene rings is 1. The minimum atomic E-state index is 0.139. The van der Waals surface area contributed by atoms with Crippen LogP contribution in [0.1, 0.15) is 44.4 Å². The van der Waals surface area contributed by atoms with Crippen molar-refractivity contribution in [3.63, 3.8) is 0 Å². The van der Waals surface area contributed by atoms with Gasteiger partial charge in [0.05, 0.1) is 0 Å². The van der Waals surface area contributed by atoms with Gasteiger partial charge in [0, 0.05) is 5.54 Å². The summed E-state index contributed by atoms with van der Waals surface area (Å²) in [6.07, 6.45) is 2.35. The molecule has 1 aromatic carbocycles. The van der Waals surface area contributed by atoms with E-state index in [4.69, 9.17) is 0 Å². The Bertz CT molecular complexity index is 377. The van der Waals surface area contributed by atoms with Crippen LogP contribution < -0.4 is 5.32 Å². The Kier molecular flexibility index (Phi) is 3.07. The molecule has 0 atom stereocenters. The van der Waals surface area contributed by atoms with Gasteiger partial charge in [0.15, 0.2) is 0 Å². The van der Waals surface area contributed by atoms with Gasteiger partial charge < -0.3 is 5.32 Å². The molecule has 0 spiro atoms. The molecule has 0 saturated carbocycles. The van der Waals surface area contributed by atoms with Crippen molar-refractivity contribution < 1.29 is 0 Å². The zero-order chi connectivity index (χ0) is 11.8. The highest BCUT2D eigenvalue weighted by Crippen LogP contribution is 2.29. The second kappa shape index (κ2) is 4.21. The SMILES string of the molecule is CC(C)Cc1ccc2c(c1)C(C)(C)NCC2. The zero-order valence-electron chi connectivity index (χ0n) is 10.9. The van der Waals surface area contributed by atoms with E-state index in [0.717, 1.165) is 12.5 Å². The summed E-state index contributed by atoms with van der Waals surface area (Å²) in [5.41, 5.74) is 4.64. The van der Waals surface area contributed by atoms with Crippen LogP contribution in [0.4, 0.5) is 0 Å². The van der Waals surface area contributed by atoms with Gasteiger partial charge in [-0.1, -0.05) is 32.0 Å². The average Bonchev–Trinajstić information content (AvgIpc) is 2.18. The first kappa shape index (κ1) is 11.7. The van der Waals surface area contributed by atoms with Crippen LogP contribution in [0.2, 0.25) is 0 Å². The summed E-state index contributed by atoms with van der Waals surface area (Å²) in [5.74, 6) is 0.734. The highest BCUT2D eigenvalue weighted by atomic mass is 15.0. The first-order valence-corrected chi connectivity index (χ1v) is 6.36. The van der Waals surface area contributed by atoms with Gasteiger partial charge in [-0.25, -0.2) is 0 Å². The molecule has 1 aliphatic rings. The van der Waals surface area contributed by atoms with Crippen LogP contribution in [-0.4, -0.2) is 6.54 Å². The average molecular weight is 217 g/mol. The van der Waals surface area contributed by atoms with Crippen molar-refractivity contribution in [3.8, 4) is 0 Å².